The van der Waals surface area contributed by atoms with Crippen LogP contribution in [-0.2, 0) is 0 Å². The first kappa shape index (κ1) is 15.5. The summed E-state index contributed by atoms with van der Waals surface area (Å²) in [5.41, 5.74) is 8.81. The Morgan fingerprint density at radius 2 is 1.95 bits per heavy atom. The fourth-order valence-electron chi connectivity index (χ4n) is 2.30. The van der Waals surface area contributed by atoms with E-state index in [-0.39, 0.29) is 17.7 Å². The summed E-state index contributed by atoms with van der Waals surface area (Å²) in [6, 6.07) is 8.73. The van der Waals surface area contributed by atoms with Crippen molar-refractivity contribution < 1.29 is 4.79 Å². The monoisotopic (exact) mass is 298 g/mol. The van der Waals surface area contributed by atoms with E-state index in [1.165, 1.54) is 12.8 Å². The summed E-state index contributed by atoms with van der Waals surface area (Å²) >= 11 is 0. The van der Waals surface area contributed by atoms with Crippen LogP contribution < -0.4 is 16.5 Å². The van der Waals surface area contributed by atoms with Gasteiger partial charge in [-0.25, -0.2) is 0 Å². The van der Waals surface area contributed by atoms with Crippen LogP contribution in [0.4, 0.5) is 5.69 Å². The SMILES string of the molecule is N#C/C(=N\Nc1ccc(C(=O)NC2CCCC2)cc1)C(=N)N. The number of nitrogens with two attached hydrogens (primary N) is 1. The van der Waals surface area contributed by atoms with E-state index in [0.29, 0.717) is 11.3 Å². The first-order valence-corrected chi connectivity index (χ1v) is 7.09. The summed E-state index contributed by atoms with van der Waals surface area (Å²) in [6.45, 7) is 0. The highest BCUT2D eigenvalue weighted by atomic mass is 16.1. The Kier molecular flexibility index (Phi) is 5.09. The fourth-order valence-corrected chi connectivity index (χ4v) is 2.30. The van der Waals surface area contributed by atoms with Crippen LogP contribution in [0, 0.1) is 16.7 Å². The van der Waals surface area contributed by atoms with E-state index in [1.807, 2.05) is 0 Å². The van der Waals surface area contributed by atoms with Gasteiger partial charge in [-0.15, -0.1) is 0 Å². The quantitative estimate of drug-likeness (QED) is 0.374. The Morgan fingerprint density at radius 3 is 2.50 bits per heavy atom. The molecule has 0 unspecified atom stereocenters. The molecule has 1 fully saturated rings. The van der Waals surface area contributed by atoms with Gasteiger partial charge in [-0.3, -0.25) is 15.6 Å². The van der Waals surface area contributed by atoms with Gasteiger partial charge < -0.3 is 11.1 Å². The first-order chi connectivity index (χ1) is 10.6. The second-order valence-electron chi connectivity index (χ2n) is 5.13. The molecule has 7 heteroatoms. The number of hydrogen-bond donors (Lipinski definition) is 4. The third kappa shape index (κ3) is 4.06. The van der Waals surface area contributed by atoms with E-state index >= 15 is 0 Å². The largest absolute Gasteiger partial charge is 0.382 e. The van der Waals surface area contributed by atoms with Crippen molar-refractivity contribution in [3.63, 3.8) is 0 Å². The normalized spacial score (nSPS) is 15.1. The molecule has 0 radical (unpaired) electrons. The predicted octanol–water partition coefficient (Wildman–Crippen LogP) is 1.59. The number of amides is 1. The molecule has 2 rings (SSSR count). The highest BCUT2D eigenvalue weighted by molar-refractivity contribution is 6.45. The molecule has 5 N–H and O–H groups in total. The summed E-state index contributed by atoms with van der Waals surface area (Å²) in [7, 11) is 0. The molecular weight excluding hydrogens is 280 g/mol. The molecule has 0 heterocycles. The molecule has 0 spiro atoms. The van der Waals surface area contributed by atoms with Gasteiger partial charge in [0.15, 0.2) is 5.84 Å². The van der Waals surface area contributed by atoms with Crippen LogP contribution in [0.2, 0.25) is 0 Å². The number of rotatable bonds is 5. The maximum atomic E-state index is 12.1. The number of carbonyl (C=O) groups excluding carboxylic acids is 1. The zero-order chi connectivity index (χ0) is 15.9. The van der Waals surface area contributed by atoms with Crippen molar-refractivity contribution in [2.45, 2.75) is 31.7 Å². The van der Waals surface area contributed by atoms with Crippen LogP contribution in [0.3, 0.4) is 0 Å². The van der Waals surface area contributed by atoms with Crippen molar-refractivity contribution in [3.05, 3.63) is 29.8 Å². The van der Waals surface area contributed by atoms with E-state index in [9.17, 15) is 4.79 Å². The first-order valence-electron chi connectivity index (χ1n) is 7.09. The standard InChI is InChI=1S/C15H18N6O/c16-9-13(14(17)18)21-20-12-7-5-10(6-8-12)15(22)19-11-3-1-2-4-11/h5-8,11,20H,1-4H2,(H3,17,18)(H,19,22)/b21-13+. The molecule has 114 valence electrons. The number of nitrogens with one attached hydrogen (secondary N) is 3. The molecule has 1 aliphatic rings. The lowest BCUT2D eigenvalue weighted by atomic mass is 10.1. The van der Waals surface area contributed by atoms with Crippen molar-refractivity contribution in [3.8, 4) is 6.07 Å². The lowest BCUT2D eigenvalue weighted by molar-refractivity contribution is 0.0938. The summed E-state index contributed by atoms with van der Waals surface area (Å²) in [4.78, 5) is 12.1. The number of nitriles is 1. The summed E-state index contributed by atoms with van der Waals surface area (Å²) in [5.74, 6) is -0.481. The average molecular weight is 298 g/mol. The van der Waals surface area contributed by atoms with E-state index in [2.05, 4.69) is 15.8 Å². The van der Waals surface area contributed by atoms with Gasteiger partial charge >= 0.3 is 0 Å². The Hall–Kier alpha value is -2.88. The minimum Gasteiger partial charge on any atom is -0.382 e. The Labute approximate surface area is 128 Å². The van der Waals surface area contributed by atoms with Crippen LogP contribution in [0.1, 0.15) is 36.0 Å². The lowest BCUT2D eigenvalue weighted by Crippen LogP contribution is -2.32. The number of benzene rings is 1. The van der Waals surface area contributed by atoms with Crippen LogP contribution >= 0.6 is 0 Å². The molecule has 0 aliphatic heterocycles. The number of hydrazone groups is 1. The lowest BCUT2D eigenvalue weighted by Gasteiger charge is -2.12. The Balaban J connectivity index is 1.96. The van der Waals surface area contributed by atoms with Crippen molar-refractivity contribution in [2.75, 3.05) is 5.43 Å². The van der Waals surface area contributed by atoms with E-state index in [4.69, 9.17) is 16.4 Å². The highest BCUT2D eigenvalue weighted by Crippen LogP contribution is 2.18. The van der Waals surface area contributed by atoms with Crippen molar-refractivity contribution in [2.24, 2.45) is 10.8 Å². The fraction of sp³-hybridized carbons (Fsp3) is 0.333. The van der Waals surface area contributed by atoms with Crippen LogP contribution in [0.15, 0.2) is 29.4 Å². The van der Waals surface area contributed by atoms with Crippen LogP contribution in [-0.4, -0.2) is 23.5 Å². The van der Waals surface area contributed by atoms with Gasteiger partial charge in [0.1, 0.15) is 6.07 Å². The molecule has 22 heavy (non-hydrogen) atoms. The highest BCUT2D eigenvalue weighted by Gasteiger charge is 2.17. The molecule has 7 nitrogen and oxygen atoms in total. The molecule has 1 aliphatic carbocycles. The van der Waals surface area contributed by atoms with E-state index < -0.39 is 5.84 Å². The number of anilines is 1. The second kappa shape index (κ2) is 7.22. The topological polar surface area (TPSA) is 127 Å². The molecule has 0 aromatic heterocycles. The molecule has 0 bridgehead atoms. The van der Waals surface area contributed by atoms with E-state index in [0.717, 1.165) is 12.8 Å². The van der Waals surface area contributed by atoms with Gasteiger partial charge in [0.2, 0.25) is 5.71 Å². The zero-order valence-corrected chi connectivity index (χ0v) is 12.1. The Bertz CT molecular complexity index is 622. The van der Waals surface area contributed by atoms with Crippen LogP contribution in [0.25, 0.3) is 0 Å². The summed E-state index contributed by atoms with van der Waals surface area (Å²) in [6.07, 6.45) is 4.43. The maximum Gasteiger partial charge on any atom is 0.251 e. The molecular formula is C15H18N6O. The minimum absolute atomic E-state index is 0.0802. The molecule has 0 atom stereocenters. The van der Waals surface area contributed by atoms with Crippen molar-refractivity contribution >= 4 is 23.1 Å². The van der Waals surface area contributed by atoms with Gasteiger partial charge in [0, 0.05) is 11.6 Å². The number of hydrogen-bond acceptors (Lipinski definition) is 5. The second-order valence-corrected chi connectivity index (χ2v) is 5.13. The summed E-state index contributed by atoms with van der Waals surface area (Å²) < 4.78 is 0. The van der Waals surface area contributed by atoms with Crippen molar-refractivity contribution in [1.82, 2.24) is 5.32 Å². The van der Waals surface area contributed by atoms with Crippen molar-refractivity contribution in [1.29, 1.82) is 10.7 Å². The van der Waals surface area contributed by atoms with Crippen LogP contribution in [0.5, 0.6) is 0 Å². The predicted molar refractivity (Wildman–Crippen MR) is 84.7 cm³/mol. The molecule has 1 aromatic carbocycles. The smallest absolute Gasteiger partial charge is 0.251 e. The van der Waals surface area contributed by atoms with E-state index in [1.54, 1.807) is 30.3 Å². The molecule has 1 amide bonds. The third-order valence-electron chi connectivity index (χ3n) is 3.50. The summed E-state index contributed by atoms with van der Waals surface area (Å²) in [5, 5.41) is 22.6. The van der Waals surface area contributed by atoms with Gasteiger partial charge in [0.25, 0.3) is 5.91 Å². The van der Waals surface area contributed by atoms with Gasteiger partial charge in [-0.1, -0.05) is 12.8 Å². The molecule has 0 saturated heterocycles. The van der Waals surface area contributed by atoms with Gasteiger partial charge in [-0.2, -0.15) is 10.4 Å². The number of nitrogens with zero attached hydrogens (tertiary/aromatic N) is 2. The maximum absolute atomic E-state index is 12.1. The minimum atomic E-state index is -0.400. The number of carbonyl (C=O) groups is 1. The van der Waals surface area contributed by atoms with Gasteiger partial charge in [-0.05, 0) is 37.1 Å². The molecule has 1 aromatic rings. The molecule has 1 saturated carbocycles. The third-order valence-corrected chi connectivity index (χ3v) is 3.50. The zero-order valence-electron chi connectivity index (χ0n) is 12.1. The Morgan fingerprint density at radius 1 is 1.32 bits per heavy atom. The number of amidine groups is 1. The average Bonchev–Trinajstić information content (AvgIpc) is 3.01. The van der Waals surface area contributed by atoms with Gasteiger partial charge in [0.05, 0.1) is 5.69 Å².